The van der Waals surface area contributed by atoms with Crippen LogP contribution in [0.4, 0.5) is 28.0 Å². The molecule has 6 nitrogen and oxygen atoms in total. The first kappa shape index (κ1) is 23.8. The number of nitrogens with one attached hydrogen (secondary N) is 1. The van der Waals surface area contributed by atoms with Crippen LogP contribution in [0.15, 0.2) is 48.5 Å². The molecule has 2 aliphatic rings. The van der Waals surface area contributed by atoms with Crippen LogP contribution in [0.1, 0.15) is 37.7 Å². The quantitative estimate of drug-likeness (QED) is 0.589. The summed E-state index contributed by atoms with van der Waals surface area (Å²) >= 11 is 0. The van der Waals surface area contributed by atoms with Crippen molar-refractivity contribution in [3.8, 4) is 5.75 Å². The number of carbonyl (C=O) groups is 2. The van der Waals surface area contributed by atoms with Crippen molar-refractivity contribution >= 4 is 17.7 Å². The molecule has 0 radical (unpaired) electrons. The largest absolute Gasteiger partial charge is 0.573 e. The normalized spacial score (nSPS) is 22.6. The van der Waals surface area contributed by atoms with Crippen LogP contribution in [0, 0.1) is 11.2 Å². The van der Waals surface area contributed by atoms with E-state index in [-0.39, 0.29) is 24.3 Å². The molecule has 1 aliphatic heterocycles. The summed E-state index contributed by atoms with van der Waals surface area (Å²) in [6.07, 6.45) is -3.00. The molecular formula is C24H24F4N2O4. The Bertz CT molecular complexity index is 1030. The topological polar surface area (TPSA) is 67.9 Å². The predicted octanol–water partition coefficient (Wildman–Crippen LogP) is 5.32. The van der Waals surface area contributed by atoms with Gasteiger partial charge in [-0.1, -0.05) is 18.2 Å². The minimum atomic E-state index is -4.77. The van der Waals surface area contributed by atoms with E-state index in [0.717, 1.165) is 0 Å². The van der Waals surface area contributed by atoms with Gasteiger partial charge in [-0.25, -0.2) is 9.18 Å². The van der Waals surface area contributed by atoms with Gasteiger partial charge in [0.2, 0.25) is 5.91 Å². The fourth-order valence-corrected chi connectivity index (χ4v) is 4.62. The molecule has 0 atom stereocenters. The maximum atomic E-state index is 13.7. The number of rotatable bonds is 5. The molecule has 1 aliphatic carbocycles. The summed E-state index contributed by atoms with van der Waals surface area (Å²) in [4.78, 5) is 26.9. The van der Waals surface area contributed by atoms with Gasteiger partial charge in [0, 0.05) is 24.3 Å². The Morgan fingerprint density at radius 2 is 1.74 bits per heavy atom. The number of hydrogen-bond donors (Lipinski definition) is 1. The molecule has 1 heterocycles. The van der Waals surface area contributed by atoms with E-state index < -0.39 is 23.7 Å². The number of nitrogens with zero attached hydrogens (tertiary/aromatic N) is 1. The van der Waals surface area contributed by atoms with Gasteiger partial charge >= 0.3 is 12.5 Å². The summed E-state index contributed by atoms with van der Waals surface area (Å²) in [7, 11) is 0. The molecule has 0 unspecified atom stereocenters. The Balaban J connectivity index is 1.28. The van der Waals surface area contributed by atoms with Gasteiger partial charge < -0.3 is 19.7 Å². The van der Waals surface area contributed by atoms with Gasteiger partial charge in [-0.3, -0.25) is 4.79 Å². The SMILES string of the molecule is O=C(NCc1ccccc1F)O[C@H]1CC[C@@]2(CCN(c3ccc(OC(F)(F)F)cc3)C2=O)CC1. The number of halogens is 4. The van der Waals surface area contributed by atoms with Gasteiger partial charge in [-0.05, 0) is 62.4 Å². The number of benzene rings is 2. The molecule has 2 fully saturated rings. The fourth-order valence-electron chi connectivity index (χ4n) is 4.62. The molecule has 4 rings (SSSR count). The third-order valence-corrected chi connectivity index (χ3v) is 6.44. The van der Waals surface area contributed by atoms with Crippen molar-refractivity contribution in [2.45, 2.75) is 51.1 Å². The summed E-state index contributed by atoms with van der Waals surface area (Å²) in [5, 5.41) is 2.55. The molecule has 182 valence electrons. The lowest BCUT2D eigenvalue weighted by molar-refractivity contribution is -0.274. The lowest BCUT2D eigenvalue weighted by Gasteiger charge is -2.35. The second kappa shape index (κ2) is 9.52. The van der Waals surface area contributed by atoms with Crippen molar-refractivity contribution in [2.24, 2.45) is 5.41 Å². The minimum absolute atomic E-state index is 0.0163. The van der Waals surface area contributed by atoms with Crippen molar-refractivity contribution in [3.05, 3.63) is 59.9 Å². The van der Waals surface area contributed by atoms with Crippen molar-refractivity contribution in [1.82, 2.24) is 5.32 Å². The van der Waals surface area contributed by atoms with E-state index >= 15 is 0 Å². The van der Waals surface area contributed by atoms with Crippen LogP contribution >= 0.6 is 0 Å². The molecule has 34 heavy (non-hydrogen) atoms. The monoisotopic (exact) mass is 480 g/mol. The Morgan fingerprint density at radius 1 is 1.06 bits per heavy atom. The van der Waals surface area contributed by atoms with Crippen LogP contribution in [-0.2, 0) is 16.1 Å². The lowest BCUT2D eigenvalue weighted by Crippen LogP contribution is -2.40. The molecular weight excluding hydrogens is 456 g/mol. The first-order chi connectivity index (χ1) is 16.2. The van der Waals surface area contributed by atoms with Gasteiger partial charge in [-0.2, -0.15) is 0 Å². The summed E-state index contributed by atoms with van der Waals surface area (Å²) in [5.41, 5.74) is 0.309. The van der Waals surface area contributed by atoms with Crippen LogP contribution in [0.2, 0.25) is 0 Å². The van der Waals surface area contributed by atoms with E-state index in [0.29, 0.717) is 49.9 Å². The highest BCUT2D eigenvalue weighted by Crippen LogP contribution is 2.46. The van der Waals surface area contributed by atoms with Crippen LogP contribution in [0.25, 0.3) is 0 Å². The first-order valence-corrected chi connectivity index (χ1v) is 11.0. The van der Waals surface area contributed by atoms with Crippen LogP contribution in [0.3, 0.4) is 0 Å². The van der Waals surface area contributed by atoms with E-state index in [9.17, 15) is 27.2 Å². The molecule has 1 spiro atoms. The fraction of sp³-hybridized carbons (Fsp3) is 0.417. The molecule has 2 aromatic carbocycles. The van der Waals surface area contributed by atoms with E-state index in [1.165, 1.54) is 30.3 Å². The molecule has 2 aromatic rings. The zero-order valence-corrected chi connectivity index (χ0v) is 18.2. The van der Waals surface area contributed by atoms with Crippen molar-refractivity contribution in [3.63, 3.8) is 0 Å². The van der Waals surface area contributed by atoms with Crippen LogP contribution < -0.4 is 15.0 Å². The number of carbonyl (C=O) groups excluding carboxylic acids is 2. The number of ether oxygens (including phenoxy) is 2. The van der Waals surface area contributed by atoms with Crippen LogP contribution in [0.5, 0.6) is 5.75 Å². The molecule has 0 bridgehead atoms. The number of alkyl carbamates (subject to hydrolysis) is 1. The second-order valence-corrected chi connectivity index (χ2v) is 8.58. The zero-order chi connectivity index (χ0) is 24.3. The highest BCUT2D eigenvalue weighted by atomic mass is 19.4. The third-order valence-electron chi connectivity index (χ3n) is 6.44. The standard InChI is InChI=1S/C24H24F4N2O4/c25-20-4-2-1-3-16(20)15-29-22(32)33-18-9-11-23(12-10-18)13-14-30(21(23)31)17-5-7-19(8-6-17)34-24(26,27)28/h1-8,18H,9-15H2,(H,29,32)/t18-,23-. The molecule has 10 heteroatoms. The maximum absolute atomic E-state index is 13.7. The molecule has 1 saturated heterocycles. The van der Waals surface area contributed by atoms with Gasteiger partial charge in [0.25, 0.3) is 0 Å². The van der Waals surface area contributed by atoms with Gasteiger partial charge in [-0.15, -0.1) is 13.2 Å². The van der Waals surface area contributed by atoms with Gasteiger partial charge in [0.05, 0.1) is 5.41 Å². The molecule has 0 aromatic heterocycles. The Kier molecular flexibility index (Phi) is 6.67. The lowest BCUT2D eigenvalue weighted by atomic mass is 9.72. The summed E-state index contributed by atoms with van der Waals surface area (Å²) in [5.74, 6) is -0.822. The highest BCUT2D eigenvalue weighted by molar-refractivity contribution is 6.00. The first-order valence-electron chi connectivity index (χ1n) is 11.0. The van der Waals surface area contributed by atoms with Crippen LogP contribution in [-0.4, -0.2) is 31.0 Å². The number of anilines is 1. The molecule has 1 N–H and O–H groups in total. The van der Waals surface area contributed by atoms with Crippen molar-refractivity contribution in [2.75, 3.05) is 11.4 Å². The van der Waals surface area contributed by atoms with Gasteiger partial charge in [0.15, 0.2) is 0 Å². The number of amides is 2. The average molecular weight is 480 g/mol. The van der Waals surface area contributed by atoms with E-state index in [2.05, 4.69) is 10.1 Å². The Hall–Kier alpha value is -3.30. The predicted molar refractivity (Wildman–Crippen MR) is 115 cm³/mol. The number of alkyl halides is 3. The smallest absolute Gasteiger partial charge is 0.446 e. The second-order valence-electron chi connectivity index (χ2n) is 8.58. The summed E-state index contributed by atoms with van der Waals surface area (Å²) < 4.78 is 60.1. The third kappa shape index (κ3) is 5.43. The van der Waals surface area contributed by atoms with E-state index in [1.807, 2.05) is 0 Å². The summed E-state index contributed by atoms with van der Waals surface area (Å²) in [6, 6.07) is 11.4. The minimum Gasteiger partial charge on any atom is -0.446 e. The van der Waals surface area contributed by atoms with Gasteiger partial charge in [0.1, 0.15) is 17.7 Å². The summed E-state index contributed by atoms with van der Waals surface area (Å²) in [6.45, 7) is 0.482. The average Bonchev–Trinajstić information content (AvgIpc) is 3.10. The van der Waals surface area contributed by atoms with E-state index in [4.69, 9.17) is 4.74 Å². The Morgan fingerprint density at radius 3 is 2.38 bits per heavy atom. The Labute approximate surface area is 193 Å². The highest BCUT2D eigenvalue weighted by Gasteiger charge is 2.49. The number of hydrogen-bond acceptors (Lipinski definition) is 4. The zero-order valence-electron chi connectivity index (χ0n) is 18.2. The molecule has 1 saturated carbocycles. The van der Waals surface area contributed by atoms with E-state index in [1.54, 1.807) is 23.1 Å². The molecule has 2 amide bonds. The van der Waals surface area contributed by atoms with Crippen molar-refractivity contribution < 1.29 is 36.6 Å². The maximum Gasteiger partial charge on any atom is 0.573 e. The van der Waals surface area contributed by atoms with Crippen molar-refractivity contribution in [1.29, 1.82) is 0 Å².